The molecule has 1 saturated heterocycles. The summed E-state index contributed by atoms with van der Waals surface area (Å²) in [6.07, 6.45) is 1.66. The second kappa shape index (κ2) is 7.85. The van der Waals surface area contributed by atoms with Gasteiger partial charge in [0.1, 0.15) is 0 Å². The monoisotopic (exact) mass is 448 g/mol. The van der Waals surface area contributed by atoms with Crippen molar-refractivity contribution in [3.8, 4) is 11.5 Å². The van der Waals surface area contributed by atoms with E-state index in [9.17, 15) is 14.7 Å². The third kappa shape index (κ3) is 4.32. The Balaban J connectivity index is 1.84. The number of nitrogens with one attached hydrogen (secondary N) is 1. The number of halogens is 1. The molecular weight excluding hydrogens is 436 g/mol. The molecule has 2 aromatic carbocycles. The van der Waals surface area contributed by atoms with Crippen molar-refractivity contribution in [1.82, 2.24) is 5.32 Å². The largest absolute Gasteiger partial charge is 0.503 e. The normalized spacial score (nSPS) is 16.6. The van der Waals surface area contributed by atoms with Crippen LogP contribution in [0.15, 0.2) is 50.8 Å². The van der Waals surface area contributed by atoms with E-state index in [1.54, 1.807) is 30.3 Å². The van der Waals surface area contributed by atoms with E-state index in [4.69, 9.17) is 9.84 Å². The maximum absolute atomic E-state index is 12.2. The SMILES string of the molecule is COc1cc(/C=C2/SC(=Nc3ccc(C(=O)O)cc3)NC2=O)cc(Br)c1O. The van der Waals surface area contributed by atoms with Crippen molar-refractivity contribution in [2.24, 2.45) is 4.99 Å². The Kier molecular flexibility index (Phi) is 5.52. The number of carbonyl (C=O) groups is 2. The van der Waals surface area contributed by atoms with Crippen LogP contribution in [0.25, 0.3) is 6.08 Å². The lowest BCUT2D eigenvalue weighted by Crippen LogP contribution is -2.19. The molecule has 0 atom stereocenters. The van der Waals surface area contributed by atoms with Gasteiger partial charge in [-0.3, -0.25) is 4.79 Å². The van der Waals surface area contributed by atoms with Crippen LogP contribution in [0, 0.1) is 0 Å². The average Bonchev–Trinajstić information content (AvgIpc) is 2.97. The van der Waals surface area contributed by atoms with Crippen LogP contribution in [0.5, 0.6) is 11.5 Å². The van der Waals surface area contributed by atoms with E-state index in [1.165, 1.54) is 19.2 Å². The molecule has 3 rings (SSSR count). The summed E-state index contributed by atoms with van der Waals surface area (Å²) < 4.78 is 5.55. The summed E-state index contributed by atoms with van der Waals surface area (Å²) in [5.74, 6) is -1.05. The van der Waals surface area contributed by atoms with E-state index in [1.807, 2.05) is 0 Å². The minimum atomic E-state index is -1.02. The number of thioether (sulfide) groups is 1. The van der Waals surface area contributed by atoms with E-state index in [0.717, 1.165) is 11.8 Å². The van der Waals surface area contributed by atoms with Gasteiger partial charge in [-0.2, -0.15) is 0 Å². The third-order valence-electron chi connectivity index (χ3n) is 3.56. The first kappa shape index (κ1) is 19.0. The Bertz CT molecular complexity index is 986. The molecule has 0 radical (unpaired) electrons. The molecule has 3 N–H and O–H groups in total. The van der Waals surface area contributed by atoms with Crippen molar-refractivity contribution in [2.75, 3.05) is 7.11 Å². The Morgan fingerprint density at radius 2 is 2.00 bits per heavy atom. The highest BCUT2D eigenvalue weighted by Crippen LogP contribution is 2.37. The highest BCUT2D eigenvalue weighted by Gasteiger charge is 2.24. The fourth-order valence-electron chi connectivity index (χ4n) is 2.26. The van der Waals surface area contributed by atoms with Crippen molar-refractivity contribution < 1.29 is 24.5 Å². The van der Waals surface area contributed by atoms with E-state index in [2.05, 4.69) is 26.2 Å². The standard InChI is InChI=1S/C18H13BrN2O5S/c1-26-13-7-9(6-12(19)15(13)22)8-14-16(23)21-18(27-14)20-11-4-2-10(3-5-11)17(24)25/h2-8,22H,1H3,(H,24,25)(H,20,21,23)/b14-8+. The number of hydrogen-bond donors (Lipinski definition) is 3. The average molecular weight is 449 g/mol. The molecule has 1 aliphatic rings. The highest BCUT2D eigenvalue weighted by molar-refractivity contribution is 9.10. The van der Waals surface area contributed by atoms with Crippen LogP contribution in [0.1, 0.15) is 15.9 Å². The number of aliphatic imine (C=N–C) groups is 1. The molecule has 0 unspecified atom stereocenters. The minimum absolute atomic E-state index is 0.0183. The number of benzene rings is 2. The van der Waals surface area contributed by atoms with Crippen LogP contribution in [0.2, 0.25) is 0 Å². The van der Waals surface area contributed by atoms with Crippen LogP contribution in [0.3, 0.4) is 0 Å². The van der Waals surface area contributed by atoms with Crippen LogP contribution in [-0.2, 0) is 4.79 Å². The van der Waals surface area contributed by atoms with Gasteiger partial charge in [-0.15, -0.1) is 0 Å². The molecule has 0 aliphatic carbocycles. The van der Waals surface area contributed by atoms with Crippen molar-refractivity contribution in [2.45, 2.75) is 0 Å². The molecule has 0 saturated carbocycles. The summed E-state index contributed by atoms with van der Waals surface area (Å²) in [5.41, 5.74) is 1.36. The van der Waals surface area contributed by atoms with Gasteiger partial charge in [0.05, 0.1) is 27.7 Å². The number of rotatable bonds is 4. The fourth-order valence-corrected chi connectivity index (χ4v) is 3.56. The Morgan fingerprint density at radius 3 is 2.63 bits per heavy atom. The molecule has 1 amide bonds. The lowest BCUT2D eigenvalue weighted by atomic mass is 10.2. The van der Waals surface area contributed by atoms with Crippen LogP contribution < -0.4 is 10.1 Å². The van der Waals surface area contributed by atoms with E-state index >= 15 is 0 Å². The molecule has 27 heavy (non-hydrogen) atoms. The number of carboxylic acids is 1. The van der Waals surface area contributed by atoms with E-state index in [0.29, 0.717) is 25.8 Å². The summed E-state index contributed by atoms with van der Waals surface area (Å²) >= 11 is 4.40. The zero-order valence-electron chi connectivity index (χ0n) is 13.9. The van der Waals surface area contributed by atoms with Gasteiger partial charge in [0.25, 0.3) is 5.91 Å². The number of amidine groups is 1. The van der Waals surface area contributed by atoms with Crippen molar-refractivity contribution in [1.29, 1.82) is 0 Å². The van der Waals surface area contributed by atoms with Crippen molar-refractivity contribution in [3.05, 3.63) is 56.9 Å². The maximum Gasteiger partial charge on any atom is 0.335 e. The number of amides is 1. The first-order valence-corrected chi connectivity index (χ1v) is 9.18. The summed E-state index contributed by atoms with van der Waals surface area (Å²) in [5, 5.41) is 21.8. The molecule has 1 fully saturated rings. The first-order chi connectivity index (χ1) is 12.9. The lowest BCUT2D eigenvalue weighted by molar-refractivity contribution is -0.115. The Labute approximate surface area is 166 Å². The molecule has 1 heterocycles. The number of carboxylic acid groups (broad SMARTS) is 1. The second-order valence-electron chi connectivity index (χ2n) is 5.39. The summed E-state index contributed by atoms with van der Waals surface area (Å²) in [7, 11) is 1.44. The molecule has 7 nitrogen and oxygen atoms in total. The topological polar surface area (TPSA) is 108 Å². The summed E-state index contributed by atoms with van der Waals surface area (Å²) in [6, 6.07) is 9.29. The van der Waals surface area contributed by atoms with Gasteiger partial charge >= 0.3 is 5.97 Å². The van der Waals surface area contributed by atoms with Gasteiger partial charge in [0, 0.05) is 0 Å². The fraction of sp³-hybridized carbons (Fsp3) is 0.0556. The van der Waals surface area contributed by atoms with Crippen LogP contribution >= 0.6 is 27.7 Å². The molecule has 0 bridgehead atoms. The predicted molar refractivity (Wildman–Crippen MR) is 107 cm³/mol. The predicted octanol–water partition coefficient (Wildman–Crippen LogP) is 3.75. The number of aromatic hydroxyl groups is 1. The lowest BCUT2D eigenvalue weighted by Gasteiger charge is -2.06. The van der Waals surface area contributed by atoms with Crippen molar-refractivity contribution in [3.63, 3.8) is 0 Å². The number of aromatic carboxylic acids is 1. The number of carbonyl (C=O) groups excluding carboxylic acids is 1. The maximum atomic E-state index is 12.2. The first-order valence-electron chi connectivity index (χ1n) is 7.57. The Hall–Kier alpha value is -2.78. The molecular formula is C18H13BrN2O5S. The molecule has 2 aromatic rings. The zero-order valence-corrected chi connectivity index (χ0v) is 16.3. The van der Waals surface area contributed by atoms with Gasteiger partial charge in [-0.05, 0) is 75.7 Å². The number of hydrogen-bond acceptors (Lipinski definition) is 6. The third-order valence-corrected chi connectivity index (χ3v) is 5.08. The van der Waals surface area contributed by atoms with Crippen LogP contribution in [0.4, 0.5) is 5.69 Å². The number of phenols is 1. The highest BCUT2D eigenvalue weighted by atomic mass is 79.9. The molecule has 1 aliphatic heterocycles. The summed E-state index contributed by atoms with van der Waals surface area (Å²) in [6.45, 7) is 0. The molecule has 138 valence electrons. The molecule has 0 aromatic heterocycles. The van der Waals surface area contributed by atoms with Gasteiger partial charge < -0.3 is 20.3 Å². The van der Waals surface area contributed by atoms with Gasteiger partial charge in [-0.25, -0.2) is 9.79 Å². The quantitative estimate of drug-likeness (QED) is 0.614. The smallest absolute Gasteiger partial charge is 0.335 e. The number of phenolic OH excluding ortho intramolecular Hbond substituents is 1. The van der Waals surface area contributed by atoms with Crippen molar-refractivity contribution >= 4 is 56.5 Å². The Morgan fingerprint density at radius 1 is 1.30 bits per heavy atom. The number of ether oxygens (including phenoxy) is 1. The van der Waals surface area contributed by atoms with Gasteiger partial charge in [0.15, 0.2) is 16.7 Å². The van der Waals surface area contributed by atoms with Gasteiger partial charge in [0.2, 0.25) is 0 Å². The molecule has 9 heteroatoms. The van der Waals surface area contributed by atoms with E-state index < -0.39 is 5.97 Å². The summed E-state index contributed by atoms with van der Waals surface area (Å²) in [4.78, 5) is 27.8. The zero-order chi connectivity index (χ0) is 19.6. The molecule has 0 spiro atoms. The second-order valence-corrected chi connectivity index (χ2v) is 7.27. The minimum Gasteiger partial charge on any atom is -0.503 e. The van der Waals surface area contributed by atoms with Gasteiger partial charge in [-0.1, -0.05) is 0 Å². The number of nitrogens with zero attached hydrogens (tertiary/aromatic N) is 1. The number of methoxy groups -OCH3 is 1. The van der Waals surface area contributed by atoms with Crippen LogP contribution in [-0.4, -0.2) is 34.4 Å². The van der Waals surface area contributed by atoms with E-state index in [-0.39, 0.29) is 23.0 Å².